The summed E-state index contributed by atoms with van der Waals surface area (Å²) in [7, 11) is 0. The second-order valence-corrected chi connectivity index (χ2v) is 7.77. The Morgan fingerprint density at radius 3 is 2.97 bits per heavy atom. The number of hydrogen-bond donors (Lipinski definition) is 2. The maximum Gasteiger partial charge on any atom is 0.229 e. The van der Waals surface area contributed by atoms with Crippen LogP contribution in [0.1, 0.15) is 25.7 Å². The molecular weight excluding hydrogens is 392 g/mol. The largest absolute Gasteiger partial charge is 0.356 e. The Hall–Kier alpha value is -3.75. The molecule has 0 aliphatic heterocycles. The number of hydrogen-bond acceptors (Lipinski definition) is 6. The van der Waals surface area contributed by atoms with Gasteiger partial charge in [0.25, 0.3) is 0 Å². The number of carbonyl (C=O) groups excluding carboxylic acids is 1. The molecule has 1 fully saturated rings. The third kappa shape index (κ3) is 4.25. The zero-order valence-electron chi connectivity index (χ0n) is 17.1. The highest BCUT2D eigenvalue weighted by molar-refractivity contribution is 5.79. The number of rotatable bonds is 8. The van der Waals surface area contributed by atoms with Gasteiger partial charge in [0.15, 0.2) is 0 Å². The number of carbonyl (C=O) groups is 1. The molecule has 0 unspecified atom stereocenters. The van der Waals surface area contributed by atoms with Gasteiger partial charge in [0.05, 0.1) is 5.69 Å². The van der Waals surface area contributed by atoms with Crippen LogP contribution < -0.4 is 10.6 Å². The van der Waals surface area contributed by atoms with Gasteiger partial charge < -0.3 is 15.2 Å². The third-order valence-electron chi connectivity index (χ3n) is 5.64. The molecule has 9 nitrogen and oxygen atoms in total. The predicted octanol–water partition coefficient (Wildman–Crippen LogP) is 3.06. The van der Waals surface area contributed by atoms with E-state index >= 15 is 0 Å². The summed E-state index contributed by atoms with van der Waals surface area (Å²) in [5, 5.41) is 11.5. The van der Waals surface area contributed by atoms with Crippen LogP contribution >= 0.6 is 0 Å². The average Bonchev–Trinajstić information content (AvgIpc) is 3.40. The van der Waals surface area contributed by atoms with E-state index in [1.54, 1.807) is 11.0 Å². The molecule has 1 aromatic carbocycles. The Labute approximate surface area is 179 Å². The molecule has 0 saturated heterocycles. The molecule has 5 rings (SSSR count). The standard InChI is InChI=1S/C22H24N8O/c31-21(16-4-1-5-16)24-9-3-10-29-11-8-17-13-25-22(28-20(17)29)27-18-6-2-7-19(12-18)30-15-23-14-26-30/h2,6-8,11-16H,1,3-5,9-10H2,(H,24,31)(H,25,27,28). The van der Waals surface area contributed by atoms with Gasteiger partial charge in [0.2, 0.25) is 11.9 Å². The first-order valence-corrected chi connectivity index (χ1v) is 10.6. The average molecular weight is 416 g/mol. The number of aryl methyl sites for hydroxylation is 1. The lowest BCUT2D eigenvalue weighted by atomic mass is 9.85. The molecule has 1 amide bonds. The SMILES string of the molecule is O=C(NCCCn1ccc2cnc(Nc3cccc(-n4cncn4)c3)nc21)C1CCC1. The highest BCUT2D eigenvalue weighted by atomic mass is 16.1. The molecule has 2 N–H and O–H groups in total. The van der Waals surface area contributed by atoms with Crippen molar-refractivity contribution in [2.75, 3.05) is 11.9 Å². The van der Waals surface area contributed by atoms with E-state index in [2.05, 4.69) is 30.3 Å². The molecule has 3 heterocycles. The van der Waals surface area contributed by atoms with Crippen LogP contribution in [-0.4, -0.2) is 41.8 Å². The summed E-state index contributed by atoms with van der Waals surface area (Å²) in [4.78, 5) is 25.1. The van der Waals surface area contributed by atoms with Gasteiger partial charge in [0.1, 0.15) is 18.3 Å². The Kier molecular flexibility index (Phi) is 5.30. The fourth-order valence-electron chi connectivity index (χ4n) is 3.68. The van der Waals surface area contributed by atoms with Gasteiger partial charge in [-0.2, -0.15) is 10.1 Å². The molecule has 31 heavy (non-hydrogen) atoms. The molecule has 4 aromatic rings. The topological polar surface area (TPSA) is 103 Å². The number of nitrogens with one attached hydrogen (secondary N) is 2. The van der Waals surface area contributed by atoms with Crippen molar-refractivity contribution in [2.45, 2.75) is 32.2 Å². The minimum Gasteiger partial charge on any atom is -0.356 e. The number of anilines is 2. The molecule has 0 atom stereocenters. The molecule has 0 radical (unpaired) electrons. The van der Waals surface area contributed by atoms with E-state index in [9.17, 15) is 4.79 Å². The molecule has 3 aromatic heterocycles. The van der Waals surface area contributed by atoms with Crippen molar-refractivity contribution in [1.82, 2.24) is 34.6 Å². The quantitative estimate of drug-likeness (QED) is 0.428. The van der Waals surface area contributed by atoms with Crippen molar-refractivity contribution >= 4 is 28.6 Å². The fourth-order valence-corrected chi connectivity index (χ4v) is 3.68. The molecule has 9 heteroatoms. The summed E-state index contributed by atoms with van der Waals surface area (Å²) in [5.41, 5.74) is 2.63. The first-order valence-electron chi connectivity index (χ1n) is 10.6. The van der Waals surface area contributed by atoms with Crippen LogP contribution in [0, 0.1) is 5.92 Å². The predicted molar refractivity (Wildman–Crippen MR) is 117 cm³/mol. The maximum atomic E-state index is 12.0. The molecule has 158 valence electrons. The Morgan fingerprint density at radius 1 is 1.23 bits per heavy atom. The van der Waals surface area contributed by atoms with Crippen molar-refractivity contribution in [2.24, 2.45) is 5.92 Å². The fraction of sp³-hybridized carbons (Fsp3) is 0.318. The molecule has 1 aliphatic carbocycles. The number of nitrogens with zero attached hydrogens (tertiary/aromatic N) is 6. The summed E-state index contributed by atoms with van der Waals surface area (Å²) >= 11 is 0. The van der Waals surface area contributed by atoms with E-state index in [-0.39, 0.29) is 11.8 Å². The smallest absolute Gasteiger partial charge is 0.229 e. The Balaban J connectivity index is 1.24. The number of amides is 1. The summed E-state index contributed by atoms with van der Waals surface area (Å²) in [6, 6.07) is 9.83. The van der Waals surface area contributed by atoms with E-state index < -0.39 is 0 Å². The summed E-state index contributed by atoms with van der Waals surface area (Å²) in [5.74, 6) is 0.962. The lowest BCUT2D eigenvalue weighted by molar-refractivity contribution is -0.127. The van der Waals surface area contributed by atoms with Crippen LogP contribution in [0.25, 0.3) is 16.7 Å². The normalized spacial score (nSPS) is 13.8. The minimum absolute atomic E-state index is 0.200. The Bertz CT molecular complexity index is 1180. The van der Waals surface area contributed by atoms with Crippen LogP contribution in [0.15, 0.2) is 55.4 Å². The van der Waals surface area contributed by atoms with Crippen LogP contribution in [0.3, 0.4) is 0 Å². The second kappa shape index (κ2) is 8.55. The molecule has 0 spiro atoms. The number of aromatic nitrogens is 6. The van der Waals surface area contributed by atoms with E-state index in [0.29, 0.717) is 12.5 Å². The van der Waals surface area contributed by atoms with Crippen LogP contribution in [0.4, 0.5) is 11.6 Å². The molecule has 0 bridgehead atoms. The summed E-state index contributed by atoms with van der Waals surface area (Å²) < 4.78 is 3.80. The zero-order chi connectivity index (χ0) is 21.0. The van der Waals surface area contributed by atoms with Gasteiger partial charge in [-0.05, 0) is 43.5 Å². The Morgan fingerprint density at radius 2 is 2.16 bits per heavy atom. The van der Waals surface area contributed by atoms with Crippen LogP contribution in [-0.2, 0) is 11.3 Å². The van der Waals surface area contributed by atoms with Crippen molar-refractivity contribution in [3.8, 4) is 5.69 Å². The first kappa shape index (κ1) is 19.2. The van der Waals surface area contributed by atoms with E-state index in [4.69, 9.17) is 4.98 Å². The lowest BCUT2D eigenvalue weighted by Crippen LogP contribution is -2.35. The summed E-state index contributed by atoms with van der Waals surface area (Å²) in [6.07, 6.45) is 11.1. The molecular formula is C22H24N8O. The highest BCUT2D eigenvalue weighted by Crippen LogP contribution is 2.26. The van der Waals surface area contributed by atoms with Gasteiger partial charge >= 0.3 is 0 Å². The van der Waals surface area contributed by atoms with Gasteiger partial charge in [-0.1, -0.05) is 12.5 Å². The number of benzene rings is 1. The first-order chi connectivity index (χ1) is 15.3. The van der Waals surface area contributed by atoms with Crippen LogP contribution in [0.2, 0.25) is 0 Å². The highest BCUT2D eigenvalue weighted by Gasteiger charge is 2.24. The summed E-state index contributed by atoms with van der Waals surface area (Å²) in [6.45, 7) is 1.47. The van der Waals surface area contributed by atoms with Gasteiger partial charge in [-0.3, -0.25) is 4.79 Å². The minimum atomic E-state index is 0.200. The molecule has 1 aliphatic rings. The molecule has 1 saturated carbocycles. The van der Waals surface area contributed by atoms with E-state index in [1.165, 1.54) is 12.7 Å². The number of fused-ring (bicyclic) bond motifs is 1. The van der Waals surface area contributed by atoms with Crippen molar-refractivity contribution in [3.63, 3.8) is 0 Å². The van der Waals surface area contributed by atoms with Gasteiger partial charge in [-0.25, -0.2) is 14.6 Å². The lowest BCUT2D eigenvalue weighted by Gasteiger charge is -2.24. The van der Waals surface area contributed by atoms with Gasteiger partial charge in [-0.15, -0.1) is 0 Å². The van der Waals surface area contributed by atoms with Crippen molar-refractivity contribution in [3.05, 3.63) is 55.4 Å². The monoisotopic (exact) mass is 416 g/mol. The van der Waals surface area contributed by atoms with Crippen LogP contribution in [0.5, 0.6) is 0 Å². The van der Waals surface area contributed by atoms with E-state index in [0.717, 1.165) is 48.2 Å². The zero-order valence-corrected chi connectivity index (χ0v) is 17.1. The maximum absolute atomic E-state index is 12.0. The second-order valence-electron chi connectivity index (χ2n) is 7.77. The van der Waals surface area contributed by atoms with E-state index in [1.807, 2.05) is 42.7 Å². The third-order valence-corrected chi connectivity index (χ3v) is 5.64. The van der Waals surface area contributed by atoms with Gasteiger partial charge in [0, 0.05) is 42.5 Å². The van der Waals surface area contributed by atoms with Crippen molar-refractivity contribution in [1.29, 1.82) is 0 Å². The van der Waals surface area contributed by atoms with Crippen molar-refractivity contribution < 1.29 is 4.79 Å².